The van der Waals surface area contributed by atoms with Crippen LogP contribution in [-0.2, 0) is 9.53 Å². The van der Waals surface area contributed by atoms with Crippen molar-refractivity contribution in [2.45, 2.75) is 44.6 Å². The minimum absolute atomic E-state index is 0.157. The Morgan fingerprint density at radius 1 is 1.36 bits per heavy atom. The lowest BCUT2D eigenvalue weighted by Crippen LogP contribution is -2.47. The highest BCUT2D eigenvalue weighted by Gasteiger charge is 2.40. The molecule has 0 radical (unpaired) electrons. The molecule has 0 aromatic heterocycles. The van der Waals surface area contributed by atoms with Crippen molar-refractivity contribution >= 4 is 11.6 Å². The molecule has 1 amide bonds. The van der Waals surface area contributed by atoms with Crippen LogP contribution in [0.3, 0.4) is 0 Å². The molecule has 0 spiro atoms. The minimum atomic E-state index is -0.764. The van der Waals surface area contributed by atoms with Gasteiger partial charge in [0.05, 0.1) is 18.4 Å². The molecule has 2 rings (SSSR count). The molecule has 118 valence electrons. The standard InChI is InChI=1S/C17H22N2O3/c1-3-22-17(9-5-4-6-10-17)16(20)19-15-8-7-14(21-2)11-13(15)12-18/h7-8,11H,3-6,9-10H2,1-2H3,(H,19,20). The summed E-state index contributed by atoms with van der Waals surface area (Å²) in [6.07, 6.45) is 4.56. The van der Waals surface area contributed by atoms with Crippen molar-refractivity contribution < 1.29 is 14.3 Å². The number of nitrogens with zero attached hydrogens (tertiary/aromatic N) is 1. The van der Waals surface area contributed by atoms with Gasteiger partial charge in [-0.15, -0.1) is 0 Å². The van der Waals surface area contributed by atoms with E-state index in [4.69, 9.17) is 9.47 Å². The largest absolute Gasteiger partial charge is 0.497 e. The first kappa shape index (κ1) is 16.3. The van der Waals surface area contributed by atoms with E-state index < -0.39 is 5.60 Å². The molecule has 0 saturated heterocycles. The van der Waals surface area contributed by atoms with Gasteiger partial charge in [0.25, 0.3) is 5.91 Å². The number of rotatable bonds is 5. The van der Waals surface area contributed by atoms with Gasteiger partial charge < -0.3 is 14.8 Å². The second kappa shape index (κ2) is 7.28. The fourth-order valence-corrected chi connectivity index (χ4v) is 2.92. The van der Waals surface area contributed by atoms with Crippen LogP contribution < -0.4 is 10.1 Å². The number of carbonyl (C=O) groups is 1. The Kier molecular flexibility index (Phi) is 5.40. The lowest BCUT2D eigenvalue weighted by atomic mass is 9.83. The molecule has 1 aromatic carbocycles. The van der Waals surface area contributed by atoms with Gasteiger partial charge in [0.2, 0.25) is 0 Å². The quantitative estimate of drug-likeness (QED) is 0.906. The van der Waals surface area contributed by atoms with Crippen molar-refractivity contribution in [3.63, 3.8) is 0 Å². The van der Waals surface area contributed by atoms with Crippen molar-refractivity contribution in [2.24, 2.45) is 0 Å². The molecule has 1 aliphatic carbocycles. The van der Waals surface area contributed by atoms with E-state index in [2.05, 4.69) is 11.4 Å². The van der Waals surface area contributed by atoms with Crippen molar-refractivity contribution in [1.29, 1.82) is 5.26 Å². The summed E-state index contributed by atoms with van der Waals surface area (Å²) in [5.41, 5.74) is 0.118. The van der Waals surface area contributed by atoms with Crippen molar-refractivity contribution in [3.8, 4) is 11.8 Å². The highest BCUT2D eigenvalue weighted by molar-refractivity contribution is 5.98. The van der Waals surface area contributed by atoms with Crippen LogP contribution in [0.5, 0.6) is 5.75 Å². The number of amides is 1. The van der Waals surface area contributed by atoms with Crippen LogP contribution in [0.4, 0.5) is 5.69 Å². The number of ether oxygens (including phenoxy) is 2. The van der Waals surface area contributed by atoms with Gasteiger partial charge in [0.15, 0.2) is 0 Å². The molecule has 1 fully saturated rings. The zero-order valence-electron chi connectivity index (χ0n) is 13.1. The molecule has 5 heteroatoms. The Bertz CT molecular complexity index is 566. The van der Waals surface area contributed by atoms with Crippen LogP contribution in [0.1, 0.15) is 44.6 Å². The molecule has 1 saturated carbocycles. The van der Waals surface area contributed by atoms with Crippen molar-refractivity contribution in [2.75, 3.05) is 19.0 Å². The smallest absolute Gasteiger partial charge is 0.256 e. The summed E-state index contributed by atoms with van der Waals surface area (Å²) < 4.78 is 10.9. The first-order valence-electron chi connectivity index (χ1n) is 7.69. The number of hydrogen-bond acceptors (Lipinski definition) is 4. The maximum Gasteiger partial charge on any atom is 0.256 e. The van der Waals surface area contributed by atoms with Crippen molar-refractivity contribution in [1.82, 2.24) is 0 Å². The molecule has 1 aromatic rings. The van der Waals surface area contributed by atoms with E-state index in [1.165, 1.54) is 0 Å². The van der Waals surface area contributed by atoms with E-state index in [1.54, 1.807) is 25.3 Å². The van der Waals surface area contributed by atoms with Gasteiger partial charge in [-0.25, -0.2) is 0 Å². The van der Waals surface area contributed by atoms with Gasteiger partial charge in [0, 0.05) is 6.61 Å². The molecule has 22 heavy (non-hydrogen) atoms. The Morgan fingerprint density at radius 2 is 2.09 bits per heavy atom. The van der Waals surface area contributed by atoms with Crippen LogP contribution in [0.2, 0.25) is 0 Å². The molecule has 0 heterocycles. The highest BCUT2D eigenvalue weighted by atomic mass is 16.5. The Balaban J connectivity index is 2.21. The molecule has 0 unspecified atom stereocenters. The van der Waals surface area contributed by atoms with Crippen LogP contribution in [-0.4, -0.2) is 25.2 Å². The maximum atomic E-state index is 12.7. The lowest BCUT2D eigenvalue weighted by Gasteiger charge is -2.35. The summed E-state index contributed by atoms with van der Waals surface area (Å²) in [6.45, 7) is 2.40. The second-order valence-corrected chi connectivity index (χ2v) is 5.47. The van der Waals surface area contributed by atoms with E-state index >= 15 is 0 Å². The third kappa shape index (κ3) is 3.40. The fourth-order valence-electron chi connectivity index (χ4n) is 2.92. The fraction of sp³-hybridized carbons (Fsp3) is 0.529. The number of nitriles is 1. The van der Waals surface area contributed by atoms with Crippen molar-refractivity contribution in [3.05, 3.63) is 23.8 Å². The summed E-state index contributed by atoms with van der Waals surface area (Å²) in [7, 11) is 1.54. The predicted octanol–water partition coefficient (Wildman–Crippen LogP) is 3.24. The normalized spacial score (nSPS) is 16.6. The molecule has 0 atom stereocenters. The van der Waals surface area contributed by atoms with Gasteiger partial charge in [-0.2, -0.15) is 5.26 Å². The number of carbonyl (C=O) groups excluding carboxylic acids is 1. The Labute approximate surface area is 131 Å². The molecule has 0 bridgehead atoms. The summed E-state index contributed by atoms with van der Waals surface area (Å²) in [5, 5.41) is 12.1. The molecule has 1 aliphatic rings. The van der Waals surface area contributed by atoms with Crippen LogP contribution >= 0.6 is 0 Å². The van der Waals surface area contributed by atoms with Crippen LogP contribution in [0.25, 0.3) is 0 Å². The first-order valence-corrected chi connectivity index (χ1v) is 7.69. The van der Waals surface area contributed by atoms with E-state index in [9.17, 15) is 10.1 Å². The number of hydrogen-bond donors (Lipinski definition) is 1. The number of anilines is 1. The van der Waals surface area contributed by atoms with Crippen LogP contribution in [0, 0.1) is 11.3 Å². The predicted molar refractivity (Wildman–Crippen MR) is 83.8 cm³/mol. The average Bonchev–Trinajstić information content (AvgIpc) is 2.56. The zero-order chi connectivity index (χ0) is 16.0. The number of benzene rings is 1. The Morgan fingerprint density at radius 3 is 2.68 bits per heavy atom. The molecular weight excluding hydrogens is 280 g/mol. The molecule has 0 aliphatic heterocycles. The lowest BCUT2D eigenvalue weighted by molar-refractivity contribution is -0.145. The average molecular weight is 302 g/mol. The van der Waals surface area contributed by atoms with Gasteiger partial charge in [-0.3, -0.25) is 4.79 Å². The topological polar surface area (TPSA) is 71.3 Å². The summed E-state index contributed by atoms with van der Waals surface area (Å²) in [6, 6.07) is 7.12. The maximum absolute atomic E-state index is 12.7. The van der Waals surface area contributed by atoms with E-state index in [1.807, 2.05) is 6.92 Å². The Hall–Kier alpha value is -2.06. The molecule has 5 nitrogen and oxygen atoms in total. The van der Waals surface area contributed by atoms with Crippen LogP contribution in [0.15, 0.2) is 18.2 Å². The van der Waals surface area contributed by atoms with Gasteiger partial charge in [-0.1, -0.05) is 19.3 Å². The van der Waals surface area contributed by atoms with E-state index in [0.717, 1.165) is 32.1 Å². The SMILES string of the molecule is CCOC1(C(=O)Nc2ccc(OC)cc2C#N)CCCCC1. The molecular formula is C17H22N2O3. The number of methoxy groups -OCH3 is 1. The third-order valence-corrected chi connectivity index (χ3v) is 4.09. The summed E-state index contributed by atoms with van der Waals surface area (Å²) in [5.74, 6) is 0.433. The monoisotopic (exact) mass is 302 g/mol. The third-order valence-electron chi connectivity index (χ3n) is 4.09. The van der Waals surface area contributed by atoms with Gasteiger partial charge in [0.1, 0.15) is 17.4 Å². The van der Waals surface area contributed by atoms with E-state index in [0.29, 0.717) is 23.6 Å². The second-order valence-electron chi connectivity index (χ2n) is 5.47. The highest BCUT2D eigenvalue weighted by Crippen LogP contribution is 2.33. The first-order chi connectivity index (χ1) is 10.6. The minimum Gasteiger partial charge on any atom is -0.497 e. The van der Waals surface area contributed by atoms with Gasteiger partial charge in [-0.05, 0) is 38.0 Å². The van der Waals surface area contributed by atoms with Gasteiger partial charge >= 0.3 is 0 Å². The molecule has 1 N–H and O–H groups in total. The zero-order valence-corrected chi connectivity index (χ0v) is 13.1. The van der Waals surface area contributed by atoms with E-state index in [-0.39, 0.29) is 5.91 Å². The summed E-state index contributed by atoms with van der Waals surface area (Å²) in [4.78, 5) is 12.7. The summed E-state index contributed by atoms with van der Waals surface area (Å²) >= 11 is 0. The number of nitrogens with one attached hydrogen (secondary N) is 1.